The number of carbonyl (C=O) groups excluding carboxylic acids is 2. The van der Waals surface area contributed by atoms with Gasteiger partial charge in [0.15, 0.2) is 5.76 Å². The van der Waals surface area contributed by atoms with Gasteiger partial charge in [-0.05, 0) is 39.2 Å². The fourth-order valence-corrected chi connectivity index (χ4v) is 2.55. The molecule has 1 aromatic heterocycles. The molecule has 1 fully saturated rings. The normalized spacial score (nSPS) is 19.5. The second-order valence-electron chi connectivity index (χ2n) is 5.47. The molecule has 8 heteroatoms. The van der Waals surface area contributed by atoms with Crippen molar-refractivity contribution < 1.29 is 18.9 Å². The third kappa shape index (κ3) is 3.44. The van der Waals surface area contributed by atoms with Crippen LogP contribution in [0.4, 0.5) is 5.88 Å². The lowest BCUT2D eigenvalue weighted by Gasteiger charge is -2.35. The zero-order valence-electron chi connectivity index (χ0n) is 12.6. The van der Waals surface area contributed by atoms with Crippen LogP contribution in [0.25, 0.3) is 0 Å². The number of piperidine rings is 1. The van der Waals surface area contributed by atoms with E-state index in [0.29, 0.717) is 6.54 Å². The van der Waals surface area contributed by atoms with Crippen molar-refractivity contribution in [2.75, 3.05) is 6.54 Å². The van der Waals surface area contributed by atoms with Crippen LogP contribution in [-0.4, -0.2) is 40.3 Å². The first-order valence-electron chi connectivity index (χ1n) is 7.25. The van der Waals surface area contributed by atoms with Gasteiger partial charge in [0.1, 0.15) is 11.0 Å². The highest BCUT2D eigenvalue weighted by molar-refractivity contribution is 5.95. The summed E-state index contributed by atoms with van der Waals surface area (Å²) in [5, 5.41) is 13.0. The zero-order chi connectivity index (χ0) is 16.3. The van der Waals surface area contributed by atoms with Crippen LogP contribution >= 0.6 is 0 Å². The Morgan fingerprint density at radius 3 is 2.77 bits per heavy atom. The number of nitro groups is 1. The molecule has 1 saturated heterocycles. The van der Waals surface area contributed by atoms with Crippen molar-refractivity contribution in [2.45, 2.75) is 45.2 Å². The maximum atomic E-state index is 12.4. The van der Waals surface area contributed by atoms with Crippen molar-refractivity contribution in [1.82, 2.24) is 10.2 Å². The first-order valence-corrected chi connectivity index (χ1v) is 7.25. The van der Waals surface area contributed by atoms with Crippen LogP contribution in [-0.2, 0) is 4.79 Å². The zero-order valence-corrected chi connectivity index (χ0v) is 12.6. The number of hydrogen-bond donors (Lipinski definition) is 1. The van der Waals surface area contributed by atoms with E-state index >= 15 is 0 Å². The molecule has 1 aliphatic heterocycles. The Hall–Kier alpha value is -2.38. The number of furan rings is 1. The molecule has 0 saturated carbocycles. The minimum absolute atomic E-state index is 0.151. The minimum Gasteiger partial charge on any atom is -0.395 e. The van der Waals surface area contributed by atoms with E-state index in [2.05, 4.69) is 5.32 Å². The lowest BCUT2D eigenvalue weighted by Crippen LogP contribution is -2.51. The van der Waals surface area contributed by atoms with Gasteiger partial charge in [0.25, 0.3) is 5.91 Å². The first-order chi connectivity index (χ1) is 10.4. The van der Waals surface area contributed by atoms with Crippen LogP contribution in [0.3, 0.4) is 0 Å². The molecule has 8 nitrogen and oxygen atoms in total. The summed E-state index contributed by atoms with van der Waals surface area (Å²) in [6.07, 6.45) is 3.01. The highest BCUT2D eigenvalue weighted by Crippen LogP contribution is 2.18. The summed E-state index contributed by atoms with van der Waals surface area (Å²) in [5.74, 6) is -1.48. The van der Waals surface area contributed by atoms with E-state index in [-0.39, 0.29) is 17.7 Å². The lowest BCUT2D eigenvalue weighted by molar-refractivity contribution is -0.402. The van der Waals surface area contributed by atoms with Gasteiger partial charge in [-0.1, -0.05) is 0 Å². The van der Waals surface area contributed by atoms with Crippen LogP contribution < -0.4 is 5.32 Å². The Morgan fingerprint density at radius 1 is 1.45 bits per heavy atom. The Balaban J connectivity index is 1.97. The molecule has 0 bridgehead atoms. The number of nitrogens with zero attached hydrogens (tertiary/aromatic N) is 2. The third-order valence-electron chi connectivity index (χ3n) is 3.80. The van der Waals surface area contributed by atoms with Gasteiger partial charge >= 0.3 is 5.88 Å². The molecule has 0 radical (unpaired) electrons. The maximum Gasteiger partial charge on any atom is 0.433 e. The van der Waals surface area contributed by atoms with Crippen molar-refractivity contribution in [1.29, 1.82) is 0 Å². The van der Waals surface area contributed by atoms with Gasteiger partial charge < -0.3 is 14.6 Å². The molecule has 120 valence electrons. The van der Waals surface area contributed by atoms with Gasteiger partial charge in [0.2, 0.25) is 5.91 Å². The number of rotatable bonds is 4. The molecule has 2 amide bonds. The Morgan fingerprint density at radius 2 is 2.18 bits per heavy atom. The van der Waals surface area contributed by atoms with E-state index < -0.39 is 22.8 Å². The van der Waals surface area contributed by atoms with E-state index in [1.54, 1.807) is 11.8 Å². The number of carbonyl (C=O) groups is 2. The Kier molecular flexibility index (Phi) is 4.79. The fourth-order valence-electron chi connectivity index (χ4n) is 2.55. The molecule has 1 N–H and O–H groups in total. The number of amides is 2. The van der Waals surface area contributed by atoms with Crippen molar-refractivity contribution in [2.24, 2.45) is 0 Å². The van der Waals surface area contributed by atoms with E-state index in [4.69, 9.17) is 4.42 Å². The van der Waals surface area contributed by atoms with Crippen LogP contribution in [0.15, 0.2) is 16.5 Å². The molecule has 2 atom stereocenters. The van der Waals surface area contributed by atoms with E-state index in [1.165, 1.54) is 6.07 Å². The molecule has 0 aliphatic carbocycles. The minimum atomic E-state index is -0.721. The monoisotopic (exact) mass is 309 g/mol. The average molecular weight is 309 g/mol. The first kappa shape index (κ1) is 16.0. The van der Waals surface area contributed by atoms with E-state index in [1.807, 2.05) is 6.92 Å². The molecule has 1 aromatic rings. The summed E-state index contributed by atoms with van der Waals surface area (Å²) in [5.41, 5.74) is 0. The lowest BCUT2D eigenvalue weighted by atomic mass is 10.0. The standard InChI is InChI=1S/C14H19N3O5/c1-9-5-3-4-8-16(9)14(19)10(2)15-13(18)11-6-7-12(22-11)17(20)21/h6-7,9-10H,3-5,8H2,1-2H3,(H,15,18). The van der Waals surface area contributed by atoms with Crippen molar-refractivity contribution >= 4 is 17.7 Å². The molecule has 0 spiro atoms. The fraction of sp³-hybridized carbons (Fsp3) is 0.571. The number of likely N-dealkylation sites (tertiary alicyclic amines) is 1. The van der Waals surface area contributed by atoms with E-state index in [9.17, 15) is 19.7 Å². The predicted octanol–water partition coefficient (Wildman–Crippen LogP) is 1.71. The van der Waals surface area contributed by atoms with Crippen LogP contribution in [0, 0.1) is 10.1 Å². The highest BCUT2D eigenvalue weighted by atomic mass is 16.6. The summed E-state index contributed by atoms with van der Waals surface area (Å²) < 4.78 is 4.82. The Bertz CT molecular complexity index is 583. The quantitative estimate of drug-likeness (QED) is 0.673. The molecular formula is C14H19N3O5. The third-order valence-corrected chi connectivity index (χ3v) is 3.80. The van der Waals surface area contributed by atoms with Crippen LogP contribution in [0.5, 0.6) is 0 Å². The van der Waals surface area contributed by atoms with Crippen molar-refractivity contribution in [3.05, 3.63) is 28.0 Å². The average Bonchev–Trinajstić information content (AvgIpc) is 2.97. The van der Waals surface area contributed by atoms with Crippen molar-refractivity contribution in [3.8, 4) is 0 Å². The molecule has 2 rings (SSSR count). The largest absolute Gasteiger partial charge is 0.433 e. The summed E-state index contributed by atoms with van der Waals surface area (Å²) in [6, 6.07) is 1.77. The summed E-state index contributed by atoms with van der Waals surface area (Å²) in [4.78, 5) is 35.9. The second-order valence-corrected chi connectivity index (χ2v) is 5.47. The molecule has 2 heterocycles. The van der Waals surface area contributed by atoms with Gasteiger partial charge in [-0.2, -0.15) is 0 Å². The van der Waals surface area contributed by atoms with E-state index in [0.717, 1.165) is 25.3 Å². The van der Waals surface area contributed by atoms with Gasteiger partial charge in [-0.3, -0.25) is 19.7 Å². The second kappa shape index (κ2) is 6.59. The SMILES string of the molecule is CC(NC(=O)c1ccc([N+](=O)[O-])o1)C(=O)N1CCCCC1C. The topological polar surface area (TPSA) is 106 Å². The van der Waals surface area contributed by atoms with Crippen molar-refractivity contribution in [3.63, 3.8) is 0 Å². The van der Waals surface area contributed by atoms with Gasteiger partial charge in [0, 0.05) is 12.6 Å². The highest BCUT2D eigenvalue weighted by Gasteiger charge is 2.28. The molecule has 22 heavy (non-hydrogen) atoms. The smallest absolute Gasteiger partial charge is 0.395 e. The predicted molar refractivity (Wildman–Crippen MR) is 77.3 cm³/mol. The molecule has 2 unspecified atom stereocenters. The molecular weight excluding hydrogens is 290 g/mol. The van der Waals surface area contributed by atoms with Gasteiger partial charge in [0.05, 0.1) is 6.07 Å². The number of hydrogen-bond acceptors (Lipinski definition) is 5. The van der Waals surface area contributed by atoms with Gasteiger partial charge in [-0.25, -0.2) is 0 Å². The van der Waals surface area contributed by atoms with Crippen LogP contribution in [0.2, 0.25) is 0 Å². The summed E-state index contributed by atoms with van der Waals surface area (Å²) in [6.45, 7) is 4.27. The summed E-state index contributed by atoms with van der Waals surface area (Å²) >= 11 is 0. The van der Waals surface area contributed by atoms with Crippen LogP contribution in [0.1, 0.15) is 43.7 Å². The Labute approximate surface area is 127 Å². The molecule has 0 aromatic carbocycles. The maximum absolute atomic E-state index is 12.4. The number of nitrogens with one attached hydrogen (secondary N) is 1. The molecule has 1 aliphatic rings. The summed E-state index contributed by atoms with van der Waals surface area (Å²) in [7, 11) is 0. The van der Waals surface area contributed by atoms with Gasteiger partial charge in [-0.15, -0.1) is 0 Å².